The summed E-state index contributed by atoms with van der Waals surface area (Å²) in [6, 6.07) is 72.3. The van der Waals surface area contributed by atoms with Gasteiger partial charge in [0.2, 0.25) is 0 Å². The van der Waals surface area contributed by atoms with E-state index in [0.29, 0.717) is 0 Å². The summed E-state index contributed by atoms with van der Waals surface area (Å²) < 4.78 is 0. The van der Waals surface area contributed by atoms with Crippen LogP contribution in [0.1, 0.15) is 86.5 Å². The molecule has 0 heterocycles. The van der Waals surface area contributed by atoms with Crippen molar-refractivity contribution in [2.75, 3.05) is 4.90 Å². The van der Waals surface area contributed by atoms with Gasteiger partial charge in [0.25, 0.3) is 0 Å². The molecule has 7 aliphatic rings. The zero-order valence-corrected chi connectivity index (χ0v) is 37.2. The van der Waals surface area contributed by atoms with Gasteiger partial charge in [-0.3, -0.25) is 0 Å². The molecule has 4 bridgehead atoms. The molecular weight excluding hydrogens is 783 g/mol. The van der Waals surface area contributed by atoms with Gasteiger partial charge in [-0.2, -0.15) is 0 Å². The maximum atomic E-state index is 2.64. The lowest BCUT2D eigenvalue weighted by molar-refractivity contribution is -0.0399. The van der Waals surface area contributed by atoms with Crippen LogP contribution >= 0.6 is 0 Å². The minimum Gasteiger partial charge on any atom is -0.310 e. The first-order valence-corrected chi connectivity index (χ1v) is 24.8. The van der Waals surface area contributed by atoms with Crippen LogP contribution in [0.4, 0.5) is 17.1 Å². The molecule has 8 aromatic carbocycles. The van der Waals surface area contributed by atoms with Crippen molar-refractivity contribution in [2.24, 2.45) is 23.7 Å². The Labute approximate surface area is 384 Å². The number of anilines is 3. The summed E-state index contributed by atoms with van der Waals surface area (Å²) in [5.41, 5.74) is 23.5. The number of rotatable bonds is 6. The second-order valence-corrected chi connectivity index (χ2v) is 20.8. The van der Waals surface area contributed by atoms with E-state index >= 15 is 0 Å². The van der Waals surface area contributed by atoms with Crippen LogP contribution in [0.15, 0.2) is 188 Å². The summed E-state index contributed by atoms with van der Waals surface area (Å²) in [4.78, 5) is 2.49. The van der Waals surface area contributed by atoms with E-state index < -0.39 is 0 Å². The third-order valence-electron chi connectivity index (χ3n) is 17.6. The molecule has 7 aliphatic carbocycles. The summed E-state index contributed by atoms with van der Waals surface area (Å²) in [5, 5.41) is 0. The molecule has 5 fully saturated rings. The Kier molecular flexibility index (Phi) is 8.47. The van der Waals surface area contributed by atoms with Crippen LogP contribution in [0.2, 0.25) is 0 Å². The molecule has 0 atom stereocenters. The second-order valence-electron chi connectivity index (χ2n) is 20.8. The number of hydrogen-bond acceptors (Lipinski definition) is 1. The highest BCUT2D eigenvalue weighted by molar-refractivity contribution is 5.89. The quantitative estimate of drug-likeness (QED) is 0.161. The van der Waals surface area contributed by atoms with Crippen LogP contribution in [0.5, 0.6) is 0 Å². The normalized spacial score (nSPS) is 23.6. The molecule has 5 saturated carbocycles. The first kappa shape index (κ1) is 37.9. The van der Waals surface area contributed by atoms with Crippen molar-refractivity contribution in [3.63, 3.8) is 0 Å². The predicted molar refractivity (Wildman–Crippen MR) is 270 cm³/mol. The summed E-state index contributed by atoms with van der Waals surface area (Å²) in [6.07, 6.45) is 13.5. The van der Waals surface area contributed by atoms with E-state index in [1.54, 1.807) is 16.7 Å². The Morgan fingerprint density at radius 1 is 0.323 bits per heavy atom. The molecule has 65 heavy (non-hydrogen) atoms. The average Bonchev–Trinajstić information content (AvgIpc) is 3.80. The van der Waals surface area contributed by atoms with Gasteiger partial charge in [0.1, 0.15) is 0 Å². The van der Waals surface area contributed by atoms with Crippen LogP contribution in [-0.4, -0.2) is 0 Å². The molecule has 1 heteroatoms. The molecule has 1 nitrogen and oxygen atoms in total. The molecule has 0 amide bonds. The van der Waals surface area contributed by atoms with E-state index in [2.05, 4.69) is 193 Å². The molecule has 0 radical (unpaired) electrons. The monoisotopic (exact) mass is 837 g/mol. The third-order valence-corrected chi connectivity index (χ3v) is 17.6. The maximum Gasteiger partial charge on any atom is 0.0467 e. The van der Waals surface area contributed by atoms with E-state index in [-0.39, 0.29) is 10.8 Å². The van der Waals surface area contributed by atoms with Crippen LogP contribution in [0.25, 0.3) is 55.6 Å². The van der Waals surface area contributed by atoms with E-state index in [9.17, 15) is 0 Å². The number of nitrogens with zero attached hydrogens (tertiary/aromatic N) is 1. The van der Waals surface area contributed by atoms with E-state index in [1.807, 2.05) is 0 Å². The van der Waals surface area contributed by atoms with Crippen molar-refractivity contribution in [1.82, 2.24) is 0 Å². The van der Waals surface area contributed by atoms with Crippen molar-refractivity contribution >= 4 is 17.1 Å². The van der Waals surface area contributed by atoms with Gasteiger partial charge in [-0.25, -0.2) is 0 Å². The van der Waals surface area contributed by atoms with Gasteiger partial charge >= 0.3 is 0 Å². The Balaban J connectivity index is 0.893. The fourth-order valence-electron chi connectivity index (χ4n) is 15.2. The van der Waals surface area contributed by atoms with Gasteiger partial charge in [0.15, 0.2) is 0 Å². The molecule has 0 aromatic heterocycles. The van der Waals surface area contributed by atoms with Gasteiger partial charge in [-0.15, -0.1) is 0 Å². The fourth-order valence-corrected chi connectivity index (χ4v) is 15.2. The summed E-state index contributed by atoms with van der Waals surface area (Å²) in [7, 11) is 0. The molecule has 0 N–H and O–H groups in total. The summed E-state index contributed by atoms with van der Waals surface area (Å²) in [6.45, 7) is 0. The molecule has 2 spiro atoms. The zero-order valence-electron chi connectivity index (χ0n) is 37.2. The summed E-state index contributed by atoms with van der Waals surface area (Å²) in [5.74, 6) is 3.35. The predicted octanol–water partition coefficient (Wildman–Crippen LogP) is 17.1. The van der Waals surface area contributed by atoms with Gasteiger partial charge < -0.3 is 4.90 Å². The Morgan fingerprint density at radius 2 is 0.769 bits per heavy atom. The van der Waals surface area contributed by atoms with Crippen molar-refractivity contribution in [3.05, 3.63) is 210 Å². The lowest BCUT2D eigenvalue weighted by Crippen LogP contribution is -2.55. The van der Waals surface area contributed by atoms with Gasteiger partial charge in [0.05, 0.1) is 0 Å². The number of hydrogen-bond donors (Lipinski definition) is 0. The molecule has 316 valence electrons. The van der Waals surface area contributed by atoms with Crippen LogP contribution in [0, 0.1) is 23.7 Å². The van der Waals surface area contributed by atoms with Gasteiger partial charge in [-0.05, 0) is 195 Å². The summed E-state index contributed by atoms with van der Waals surface area (Å²) >= 11 is 0. The van der Waals surface area contributed by atoms with Crippen molar-refractivity contribution in [3.8, 4) is 55.6 Å². The Morgan fingerprint density at radius 3 is 1.37 bits per heavy atom. The van der Waals surface area contributed by atoms with E-state index in [4.69, 9.17) is 0 Å². The SMILES string of the molecule is c1ccc(-c2cccc(N(c3cccc(-c4ccc5c(c4)C4(CCCCC4)c4ccccc4-5)c3)c3cccc(-c4ccc5c(c4)C4(c6ccccc6-5)C5CC6CC(C5)CC4C6)c3)c2)cc1. The molecule has 0 unspecified atom stereocenters. The minimum absolute atomic E-state index is 0.123. The van der Waals surface area contributed by atoms with Crippen LogP contribution in [-0.2, 0) is 10.8 Å². The molecular formula is C64H55N. The number of benzene rings is 8. The maximum absolute atomic E-state index is 2.64. The molecule has 15 rings (SSSR count). The van der Waals surface area contributed by atoms with Crippen molar-refractivity contribution < 1.29 is 0 Å². The van der Waals surface area contributed by atoms with E-state index in [0.717, 1.165) is 35.0 Å². The number of fused-ring (bicyclic) bond motifs is 8. The highest BCUT2D eigenvalue weighted by Crippen LogP contribution is 2.69. The highest BCUT2D eigenvalue weighted by atomic mass is 15.1. The van der Waals surface area contributed by atoms with E-state index in [1.165, 1.54) is 131 Å². The third kappa shape index (κ3) is 5.64. The standard InChI is InChI=1S/C64H55N/c1-3-14-44(15-4-1)45-16-11-19-52(37-45)65(53-20-12-17-46(38-53)48-26-28-57-55-22-5-7-24-59(55)63(61(57)40-48)30-9-2-10-31-63)54-21-13-18-47(39-54)49-27-29-58-56-23-6-8-25-60(56)64(62(58)41-49)50-33-42-32-43(35-50)36-51(64)34-42/h1,3-8,11-29,37-43,50-51H,2,9-10,30-36H2. The van der Waals surface area contributed by atoms with Crippen molar-refractivity contribution in [1.29, 1.82) is 0 Å². The first-order valence-electron chi connectivity index (χ1n) is 24.8. The zero-order chi connectivity index (χ0) is 42.7. The Hall–Kier alpha value is -6.44. The molecule has 8 aromatic rings. The molecule has 0 saturated heterocycles. The smallest absolute Gasteiger partial charge is 0.0467 e. The topological polar surface area (TPSA) is 3.24 Å². The fraction of sp³-hybridized carbons (Fsp3) is 0.250. The average molecular weight is 838 g/mol. The first-order chi connectivity index (χ1) is 32.1. The lowest BCUT2D eigenvalue weighted by atomic mass is 9.43. The van der Waals surface area contributed by atoms with Crippen LogP contribution in [0.3, 0.4) is 0 Å². The molecule has 0 aliphatic heterocycles. The lowest BCUT2D eigenvalue weighted by Gasteiger charge is -2.61. The van der Waals surface area contributed by atoms with Gasteiger partial charge in [-0.1, -0.05) is 159 Å². The highest BCUT2D eigenvalue weighted by Gasteiger charge is 2.61. The van der Waals surface area contributed by atoms with Crippen LogP contribution < -0.4 is 4.90 Å². The van der Waals surface area contributed by atoms with Gasteiger partial charge in [0, 0.05) is 27.9 Å². The largest absolute Gasteiger partial charge is 0.310 e. The minimum atomic E-state index is 0.123. The Bertz CT molecular complexity index is 3140. The second kappa shape index (κ2) is 14.5. The van der Waals surface area contributed by atoms with Crippen molar-refractivity contribution in [2.45, 2.75) is 75.0 Å².